The molecule has 2 N–H and O–H groups in total. The Bertz CT molecular complexity index is 590. The Morgan fingerprint density at radius 2 is 2.00 bits per heavy atom. The van der Waals surface area contributed by atoms with Gasteiger partial charge in [-0.3, -0.25) is 4.98 Å². The lowest BCUT2D eigenvalue weighted by Gasteiger charge is -2.24. The molecule has 0 spiro atoms. The number of likely N-dealkylation sites (N-methyl/N-ethyl adjacent to an activating group) is 1. The maximum atomic E-state index is 6.03. The average molecular weight is 270 g/mol. The van der Waals surface area contributed by atoms with Crippen LogP contribution < -0.4 is 10.6 Å². The topological polar surface area (TPSA) is 45.4 Å². The van der Waals surface area contributed by atoms with Crippen molar-refractivity contribution >= 4 is 22.1 Å². The molecular formula is C16H22N4. The zero-order valence-corrected chi connectivity index (χ0v) is 12.0. The van der Waals surface area contributed by atoms with Crippen molar-refractivity contribution in [3.05, 3.63) is 30.6 Å². The van der Waals surface area contributed by atoms with Crippen LogP contribution in [0.4, 0.5) is 11.4 Å². The third kappa shape index (κ3) is 2.56. The number of nitrogens with two attached hydrogens (primary N) is 1. The molecule has 2 aromatic rings. The monoisotopic (exact) mass is 270 g/mol. The molecule has 1 fully saturated rings. The molecule has 0 atom stereocenters. The van der Waals surface area contributed by atoms with E-state index in [1.165, 1.54) is 37.0 Å². The highest BCUT2D eigenvalue weighted by Crippen LogP contribution is 2.29. The Hall–Kier alpha value is -1.81. The van der Waals surface area contributed by atoms with Crippen molar-refractivity contribution in [2.45, 2.75) is 12.8 Å². The Balaban J connectivity index is 1.80. The Morgan fingerprint density at radius 3 is 2.80 bits per heavy atom. The molecule has 0 radical (unpaired) electrons. The zero-order chi connectivity index (χ0) is 13.9. The Morgan fingerprint density at radius 1 is 1.20 bits per heavy atom. The first-order valence-corrected chi connectivity index (χ1v) is 7.31. The number of hydrogen-bond donors (Lipinski definition) is 1. The summed E-state index contributed by atoms with van der Waals surface area (Å²) < 4.78 is 0. The highest BCUT2D eigenvalue weighted by atomic mass is 15.2. The number of likely N-dealkylation sites (tertiary alicyclic amines) is 1. The van der Waals surface area contributed by atoms with E-state index in [1.807, 2.05) is 24.5 Å². The second-order valence-corrected chi connectivity index (χ2v) is 5.57. The van der Waals surface area contributed by atoms with Gasteiger partial charge >= 0.3 is 0 Å². The quantitative estimate of drug-likeness (QED) is 0.866. The first-order valence-electron chi connectivity index (χ1n) is 7.31. The minimum atomic E-state index is 0.796. The fourth-order valence-electron chi connectivity index (χ4n) is 2.95. The number of hydrogen-bond acceptors (Lipinski definition) is 4. The van der Waals surface area contributed by atoms with Crippen molar-refractivity contribution in [2.75, 3.05) is 43.9 Å². The van der Waals surface area contributed by atoms with Gasteiger partial charge in [0.05, 0.1) is 0 Å². The van der Waals surface area contributed by atoms with Crippen LogP contribution in [0.15, 0.2) is 30.6 Å². The number of benzene rings is 1. The highest BCUT2D eigenvalue weighted by Gasteiger charge is 2.13. The van der Waals surface area contributed by atoms with E-state index < -0.39 is 0 Å². The van der Waals surface area contributed by atoms with Crippen LogP contribution in [0.3, 0.4) is 0 Å². The van der Waals surface area contributed by atoms with Gasteiger partial charge in [-0.15, -0.1) is 0 Å². The molecule has 4 heteroatoms. The standard InChI is InChI=1S/C16H22N4/c1-19(10-11-20-8-2-3-9-20)16-5-4-15(17)14-12-18-7-6-13(14)16/h4-7,12H,2-3,8-11,17H2,1H3. The van der Waals surface area contributed by atoms with E-state index in [-0.39, 0.29) is 0 Å². The van der Waals surface area contributed by atoms with E-state index in [4.69, 9.17) is 5.73 Å². The average Bonchev–Trinajstić information content (AvgIpc) is 2.99. The molecule has 0 amide bonds. The van der Waals surface area contributed by atoms with Crippen LogP contribution in [0.5, 0.6) is 0 Å². The summed E-state index contributed by atoms with van der Waals surface area (Å²) in [5, 5.41) is 2.22. The number of anilines is 2. The summed E-state index contributed by atoms with van der Waals surface area (Å²) in [6.45, 7) is 4.68. The van der Waals surface area contributed by atoms with Crippen LogP contribution in [0, 0.1) is 0 Å². The molecule has 1 aliphatic heterocycles. The summed E-state index contributed by atoms with van der Waals surface area (Å²) in [7, 11) is 2.15. The van der Waals surface area contributed by atoms with Gasteiger partial charge in [-0.05, 0) is 44.1 Å². The van der Waals surface area contributed by atoms with E-state index in [0.717, 1.165) is 24.2 Å². The fourth-order valence-corrected chi connectivity index (χ4v) is 2.95. The fraction of sp³-hybridized carbons (Fsp3) is 0.438. The van der Waals surface area contributed by atoms with Crippen molar-refractivity contribution < 1.29 is 0 Å². The number of nitrogens with zero attached hydrogens (tertiary/aromatic N) is 3. The zero-order valence-electron chi connectivity index (χ0n) is 12.0. The molecular weight excluding hydrogens is 248 g/mol. The molecule has 0 aliphatic carbocycles. The lowest BCUT2D eigenvalue weighted by molar-refractivity contribution is 0.347. The second kappa shape index (κ2) is 5.67. The number of fused-ring (bicyclic) bond motifs is 1. The molecule has 1 aromatic heterocycles. The number of nitrogen functional groups attached to an aromatic ring is 1. The Kier molecular flexibility index (Phi) is 3.74. The third-order valence-corrected chi connectivity index (χ3v) is 4.19. The summed E-state index contributed by atoms with van der Waals surface area (Å²) >= 11 is 0. The third-order valence-electron chi connectivity index (χ3n) is 4.19. The minimum Gasteiger partial charge on any atom is -0.398 e. The molecule has 3 rings (SSSR count). The van der Waals surface area contributed by atoms with Gasteiger partial charge in [-0.25, -0.2) is 0 Å². The maximum absolute atomic E-state index is 6.03. The van der Waals surface area contributed by atoms with Gasteiger partial charge in [0, 0.05) is 54.7 Å². The normalized spacial score (nSPS) is 15.8. The summed E-state index contributed by atoms with van der Waals surface area (Å²) in [5.74, 6) is 0. The van der Waals surface area contributed by atoms with Gasteiger partial charge in [0.25, 0.3) is 0 Å². The van der Waals surface area contributed by atoms with Gasteiger partial charge in [0.15, 0.2) is 0 Å². The molecule has 4 nitrogen and oxygen atoms in total. The molecule has 1 saturated heterocycles. The molecule has 2 heterocycles. The maximum Gasteiger partial charge on any atom is 0.0446 e. The first-order chi connectivity index (χ1) is 9.75. The van der Waals surface area contributed by atoms with Crippen LogP contribution in [0.2, 0.25) is 0 Å². The van der Waals surface area contributed by atoms with Gasteiger partial charge in [-0.1, -0.05) is 0 Å². The van der Waals surface area contributed by atoms with Gasteiger partial charge in [-0.2, -0.15) is 0 Å². The number of aromatic nitrogens is 1. The molecule has 0 unspecified atom stereocenters. The summed E-state index contributed by atoms with van der Waals surface area (Å²) in [5.41, 5.74) is 8.06. The molecule has 0 bridgehead atoms. The predicted molar refractivity (Wildman–Crippen MR) is 85.1 cm³/mol. The van der Waals surface area contributed by atoms with Gasteiger partial charge < -0.3 is 15.5 Å². The highest BCUT2D eigenvalue weighted by molar-refractivity contribution is 6.00. The lowest BCUT2D eigenvalue weighted by atomic mass is 10.1. The van der Waals surface area contributed by atoms with Crippen LogP contribution in [0.25, 0.3) is 10.8 Å². The van der Waals surface area contributed by atoms with E-state index in [0.29, 0.717) is 0 Å². The van der Waals surface area contributed by atoms with Crippen molar-refractivity contribution in [3.63, 3.8) is 0 Å². The first kappa shape index (κ1) is 13.2. The van der Waals surface area contributed by atoms with Crippen molar-refractivity contribution in [3.8, 4) is 0 Å². The molecule has 1 aliphatic rings. The summed E-state index contributed by atoms with van der Waals surface area (Å²) in [6.07, 6.45) is 6.38. The van der Waals surface area contributed by atoms with Gasteiger partial charge in [0.1, 0.15) is 0 Å². The van der Waals surface area contributed by atoms with E-state index in [1.54, 1.807) is 0 Å². The van der Waals surface area contributed by atoms with E-state index in [2.05, 4.69) is 27.9 Å². The van der Waals surface area contributed by atoms with Crippen LogP contribution in [0.1, 0.15) is 12.8 Å². The summed E-state index contributed by atoms with van der Waals surface area (Å²) in [6, 6.07) is 6.14. The lowest BCUT2D eigenvalue weighted by Crippen LogP contribution is -2.31. The van der Waals surface area contributed by atoms with Crippen molar-refractivity contribution in [2.24, 2.45) is 0 Å². The van der Waals surface area contributed by atoms with Crippen molar-refractivity contribution in [1.82, 2.24) is 9.88 Å². The second-order valence-electron chi connectivity index (χ2n) is 5.57. The number of rotatable bonds is 4. The predicted octanol–water partition coefficient (Wildman–Crippen LogP) is 2.35. The van der Waals surface area contributed by atoms with Crippen LogP contribution in [-0.2, 0) is 0 Å². The number of pyridine rings is 1. The van der Waals surface area contributed by atoms with E-state index >= 15 is 0 Å². The smallest absolute Gasteiger partial charge is 0.0446 e. The molecule has 1 aromatic carbocycles. The summed E-state index contributed by atoms with van der Waals surface area (Å²) in [4.78, 5) is 9.04. The minimum absolute atomic E-state index is 0.796. The molecule has 0 saturated carbocycles. The van der Waals surface area contributed by atoms with Gasteiger partial charge in [0.2, 0.25) is 0 Å². The largest absolute Gasteiger partial charge is 0.398 e. The SMILES string of the molecule is CN(CCN1CCCC1)c1ccc(N)c2cnccc12. The van der Waals surface area contributed by atoms with Crippen molar-refractivity contribution in [1.29, 1.82) is 0 Å². The molecule has 106 valence electrons. The van der Waals surface area contributed by atoms with E-state index in [9.17, 15) is 0 Å². The van der Waals surface area contributed by atoms with Crippen LogP contribution in [-0.4, -0.2) is 43.1 Å². The molecule has 20 heavy (non-hydrogen) atoms. The Labute approximate surface area is 120 Å². The van der Waals surface area contributed by atoms with Crippen LogP contribution >= 0.6 is 0 Å².